The predicted molar refractivity (Wildman–Crippen MR) is 263 cm³/mol. The van der Waals surface area contributed by atoms with Crippen LogP contribution in [0.5, 0.6) is 0 Å². The van der Waals surface area contributed by atoms with Gasteiger partial charge in [-0.25, -0.2) is 0 Å². The van der Waals surface area contributed by atoms with Crippen LogP contribution in [0.4, 0.5) is 17.1 Å². The van der Waals surface area contributed by atoms with Crippen LogP contribution >= 0.6 is 0 Å². The minimum absolute atomic E-state index is 1.09. The number of hydrogen-bond donors (Lipinski definition) is 0. The lowest BCUT2D eigenvalue weighted by molar-refractivity contribution is 1.17. The molecular weight excluding hydrogens is 749 g/mol. The highest BCUT2D eigenvalue weighted by Gasteiger charge is 2.17. The fourth-order valence-electron chi connectivity index (χ4n) is 8.84. The van der Waals surface area contributed by atoms with Crippen molar-refractivity contribution in [2.24, 2.45) is 0 Å². The number of rotatable bonds is 9. The standard InChI is InChI=1S/C60H42N2/c1-5-13-43(14-6-1)46-21-25-49(26-22-46)51-31-39-59-57(41-51)58-42-52(50-27-23-47(24-28-50)44-15-7-2-8-16-44)32-40-60(58)62(59)56-37-35-55(36-38-56)61(53-19-11-4-12-20-53)54-33-29-48(30-34-54)45-17-9-3-10-18-45/h1-42H. The highest BCUT2D eigenvalue weighted by atomic mass is 15.1. The quantitative estimate of drug-likeness (QED) is 0.141. The molecule has 0 radical (unpaired) electrons. The summed E-state index contributed by atoms with van der Waals surface area (Å²) in [6.07, 6.45) is 0. The minimum Gasteiger partial charge on any atom is -0.311 e. The summed E-state index contributed by atoms with van der Waals surface area (Å²) in [6, 6.07) is 92.0. The molecule has 2 heteroatoms. The largest absolute Gasteiger partial charge is 0.311 e. The average Bonchev–Trinajstić information content (AvgIpc) is 3.69. The van der Waals surface area contributed by atoms with Crippen molar-refractivity contribution in [1.82, 2.24) is 4.57 Å². The van der Waals surface area contributed by atoms with Crippen LogP contribution in [-0.2, 0) is 0 Å². The van der Waals surface area contributed by atoms with E-state index in [1.54, 1.807) is 0 Å². The number of anilines is 3. The van der Waals surface area contributed by atoms with Gasteiger partial charge in [0, 0.05) is 33.5 Å². The Morgan fingerprint density at radius 3 is 0.887 bits per heavy atom. The summed E-state index contributed by atoms with van der Waals surface area (Å²) in [4.78, 5) is 2.33. The van der Waals surface area contributed by atoms with Crippen molar-refractivity contribution in [3.05, 3.63) is 255 Å². The van der Waals surface area contributed by atoms with Gasteiger partial charge in [0.1, 0.15) is 0 Å². The molecule has 0 atom stereocenters. The second kappa shape index (κ2) is 16.1. The van der Waals surface area contributed by atoms with E-state index in [0.717, 1.165) is 22.7 Å². The number of benzene rings is 10. The van der Waals surface area contributed by atoms with E-state index >= 15 is 0 Å². The van der Waals surface area contributed by atoms with E-state index < -0.39 is 0 Å². The third-order valence-corrected chi connectivity index (χ3v) is 12.0. The van der Waals surface area contributed by atoms with E-state index in [4.69, 9.17) is 0 Å². The average molecular weight is 791 g/mol. The van der Waals surface area contributed by atoms with Gasteiger partial charge in [0.25, 0.3) is 0 Å². The summed E-state index contributed by atoms with van der Waals surface area (Å²) < 4.78 is 2.42. The van der Waals surface area contributed by atoms with Gasteiger partial charge in [-0.15, -0.1) is 0 Å². The molecular formula is C60H42N2. The molecule has 62 heavy (non-hydrogen) atoms. The van der Waals surface area contributed by atoms with Crippen LogP contribution in [0.15, 0.2) is 255 Å². The van der Waals surface area contributed by atoms with Crippen molar-refractivity contribution in [1.29, 1.82) is 0 Å². The topological polar surface area (TPSA) is 8.17 Å². The summed E-state index contributed by atoms with van der Waals surface area (Å²) in [5.74, 6) is 0. The number of nitrogens with zero attached hydrogens (tertiary/aromatic N) is 2. The van der Waals surface area contributed by atoms with E-state index in [1.165, 1.54) is 77.4 Å². The van der Waals surface area contributed by atoms with E-state index in [9.17, 15) is 0 Å². The van der Waals surface area contributed by atoms with Crippen LogP contribution in [0, 0.1) is 0 Å². The minimum atomic E-state index is 1.09. The zero-order valence-electron chi connectivity index (χ0n) is 34.1. The second-order valence-corrected chi connectivity index (χ2v) is 15.8. The Bertz CT molecular complexity index is 3120. The Morgan fingerprint density at radius 2 is 0.500 bits per heavy atom. The lowest BCUT2D eigenvalue weighted by Gasteiger charge is -2.26. The highest BCUT2D eigenvalue weighted by Crippen LogP contribution is 2.40. The van der Waals surface area contributed by atoms with Crippen LogP contribution < -0.4 is 4.90 Å². The van der Waals surface area contributed by atoms with Crippen molar-refractivity contribution in [3.63, 3.8) is 0 Å². The van der Waals surface area contributed by atoms with Gasteiger partial charge >= 0.3 is 0 Å². The van der Waals surface area contributed by atoms with Gasteiger partial charge < -0.3 is 9.47 Å². The monoisotopic (exact) mass is 790 g/mol. The molecule has 292 valence electrons. The number of aromatic nitrogens is 1. The van der Waals surface area contributed by atoms with Crippen LogP contribution in [0.2, 0.25) is 0 Å². The lowest BCUT2D eigenvalue weighted by atomic mass is 9.97. The van der Waals surface area contributed by atoms with E-state index in [-0.39, 0.29) is 0 Å². The van der Waals surface area contributed by atoms with Crippen LogP contribution in [0.25, 0.3) is 83.1 Å². The van der Waals surface area contributed by atoms with E-state index in [2.05, 4.69) is 264 Å². The van der Waals surface area contributed by atoms with Crippen molar-refractivity contribution >= 4 is 38.9 Å². The zero-order chi connectivity index (χ0) is 41.2. The molecule has 10 aromatic carbocycles. The normalized spacial score (nSPS) is 11.2. The fourth-order valence-corrected chi connectivity index (χ4v) is 8.84. The Balaban J connectivity index is 1.00. The molecule has 0 aliphatic heterocycles. The first-order chi connectivity index (χ1) is 30.7. The molecule has 0 saturated carbocycles. The summed E-state index contributed by atoms with van der Waals surface area (Å²) in [5.41, 5.74) is 18.8. The molecule has 1 aromatic heterocycles. The third-order valence-electron chi connectivity index (χ3n) is 12.0. The predicted octanol–water partition coefficient (Wildman–Crippen LogP) is 16.6. The molecule has 0 aliphatic carbocycles. The summed E-state index contributed by atoms with van der Waals surface area (Å²) in [5, 5.41) is 2.45. The highest BCUT2D eigenvalue weighted by molar-refractivity contribution is 6.11. The molecule has 11 rings (SSSR count). The van der Waals surface area contributed by atoms with Gasteiger partial charge in [-0.3, -0.25) is 0 Å². The van der Waals surface area contributed by atoms with Crippen molar-refractivity contribution < 1.29 is 0 Å². The number of fused-ring (bicyclic) bond motifs is 3. The first-order valence-electron chi connectivity index (χ1n) is 21.2. The molecule has 0 N–H and O–H groups in total. The van der Waals surface area contributed by atoms with E-state index in [1.807, 2.05) is 0 Å². The molecule has 0 amide bonds. The van der Waals surface area contributed by atoms with Gasteiger partial charge in [-0.05, 0) is 128 Å². The first kappa shape index (κ1) is 36.8. The Labute approximate surface area is 362 Å². The van der Waals surface area contributed by atoms with Gasteiger partial charge in [0.2, 0.25) is 0 Å². The van der Waals surface area contributed by atoms with E-state index in [0.29, 0.717) is 0 Å². The summed E-state index contributed by atoms with van der Waals surface area (Å²) >= 11 is 0. The smallest absolute Gasteiger partial charge is 0.0541 e. The van der Waals surface area contributed by atoms with Crippen LogP contribution in [0.3, 0.4) is 0 Å². The van der Waals surface area contributed by atoms with Gasteiger partial charge in [-0.1, -0.05) is 182 Å². The fraction of sp³-hybridized carbons (Fsp3) is 0. The first-order valence-corrected chi connectivity index (χ1v) is 21.2. The SMILES string of the molecule is c1ccc(-c2ccc(-c3ccc4c(c3)c3cc(-c5ccc(-c6ccccc6)cc5)ccc3n4-c3ccc(N(c4ccccc4)c4ccc(-c5ccccc5)cc4)cc3)cc2)cc1. The summed E-state index contributed by atoms with van der Waals surface area (Å²) in [6.45, 7) is 0. The van der Waals surface area contributed by atoms with Gasteiger partial charge in [0.15, 0.2) is 0 Å². The van der Waals surface area contributed by atoms with Crippen molar-refractivity contribution in [2.45, 2.75) is 0 Å². The molecule has 0 saturated heterocycles. The maximum atomic E-state index is 2.42. The van der Waals surface area contributed by atoms with Gasteiger partial charge in [-0.2, -0.15) is 0 Å². The van der Waals surface area contributed by atoms with Crippen molar-refractivity contribution in [2.75, 3.05) is 4.90 Å². The molecule has 0 aliphatic rings. The zero-order valence-corrected chi connectivity index (χ0v) is 34.1. The van der Waals surface area contributed by atoms with Crippen molar-refractivity contribution in [3.8, 4) is 61.3 Å². The molecule has 1 heterocycles. The maximum absolute atomic E-state index is 2.42. The number of para-hydroxylation sites is 1. The van der Waals surface area contributed by atoms with Crippen LogP contribution in [-0.4, -0.2) is 4.57 Å². The molecule has 0 fully saturated rings. The lowest BCUT2D eigenvalue weighted by Crippen LogP contribution is -2.10. The Morgan fingerprint density at radius 1 is 0.226 bits per heavy atom. The molecule has 0 spiro atoms. The maximum Gasteiger partial charge on any atom is 0.0541 e. The molecule has 11 aromatic rings. The van der Waals surface area contributed by atoms with Crippen LogP contribution in [0.1, 0.15) is 0 Å². The molecule has 0 unspecified atom stereocenters. The Hall–Kier alpha value is -8.20. The third kappa shape index (κ3) is 7.04. The molecule has 0 bridgehead atoms. The Kier molecular flexibility index (Phi) is 9.57. The summed E-state index contributed by atoms with van der Waals surface area (Å²) in [7, 11) is 0. The van der Waals surface area contributed by atoms with Gasteiger partial charge in [0.05, 0.1) is 11.0 Å². The second-order valence-electron chi connectivity index (χ2n) is 15.8. The number of hydrogen-bond acceptors (Lipinski definition) is 1. The molecule has 2 nitrogen and oxygen atoms in total.